The molecule has 1 aromatic heterocycles. The molecule has 0 aliphatic carbocycles. The predicted molar refractivity (Wildman–Crippen MR) is 50.5 cm³/mol. The Morgan fingerprint density at radius 2 is 2.42 bits per heavy atom. The van der Waals surface area contributed by atoms with Crippen molar-refractivity contribution in [3.05, 3.63) is 17.7 Å². The van der Waals surface area contributed by atoms with E-state index < -0.39 is 0 Å². The summed E-state index contributed by atoms with van der Waals surface area (Å²) < 4.78 is 2.22. The SMILES string of the molecule is Cc1ncc2n1CC(N)CC2.Cl. The third-order valence-corrected chi connectivity index (χ3v) is 2.33. The van der Waals surface area contributed by atoms with Crippen LogP contribution >= 0.6 is 12.4 Å². The first kappa shape index (κ1) is 9.55. The zero-order valence-electron chi connectivity index (χ0n) is 7.16. The van der Waals surface area contributed by atoms with Crippen LogP contribution in [0.3, 0.4) is 0 Å². The van der Waals surface area contributed by atoms with Gasteiger partial charge >= 0.3 is 0 Å². The lowest BCUT2D eigenvalue weighted by Gasteiger charge is -2.21. The van der Waals surface area contributed by atoms with Crippen LogP contribution in [0.5, 0.6) is 0 Å². The molecule has 0 aromatic carbocycles. The Bertz CT molecular complexity index is 269. The molecule has 1 aliphatic rings. The van der Waals surface area contributed by atoms with Gasteiger partial charge in [0.25, 0.3) is 0 Å². The van der Waals surface area contributed by atoms with Crippen LogP contribution in [0.4, 0.5) is 0 Å². The van der Waals surface area contributed by atoms with Crippen LogP contribution in [0.15, 0.2) is 6.20 Å². The fraction of sp³-hybridized carbons (Fsp3) is 0.625. The molecule has 1 aromatic rings. The van der Waals surface area contributed by atoms with Gasteiger partial charge in [0.15, 0.2) is 0 Å². The lowest BCUT2D eigenvalue weighted by Crippen LogP contribution is -2.32. The summed E-state index contributed by atoms with van der Waals surface area (Å²) in [5.41, 5.74) is 7.17. The number of nitrogens with zero attached hydrogens (tertiary/aromatic N) is 2. The number of hydrogen-bond donors (Lipinski definition) is 1. The molecule has 1 atom stereocenters. The van der Waals surface area contributed by atoms with Gasteiger partial charge in [0.2, 0.25) is 0 Å². The van der Waals surface area contributed by atoms with Crippen molar-refractivity contribution in [1.82, 2.24) is 9.55 Å². The van der Waals surface area contributed by atoms with E-state index in [4.69, 9.17) is 5.73 Å². The zero-order chi connectivity index (χ0) is 7.84. The Hall–Kier alpha value is -0.540. The van der Waals surface area contributed by atoms with E-state index in [1.54, 1.807) is 0 Å². The Labute approximate surface area is 78.4 Å². The van der Waals surface area contributed by atoms with Gasteiger partial charge in [-0.15, -0.1) is 12.4 Å². The maximum Gasteiger partial charge on any atom is 0.105 e. The molecule has 0 fully saturated rings. The molecule has 2 rings (SSSR count). The first-order valence-corrected chi connectivity index (χ1v) is 4.04. The highest BCUT2D eigenvalue weighted by Crippen LogP contribution is 2.14. The number of aryl methyl sites for hydroxylation is 2. The van der Waals surface area contributed by atoms with Crippen molar-refractivity contribution in [2.45, 2.75) is 32.4 Å². The number of fused-ring (bicyclic) bond motifs is 1. The van der Waals surface area contributed by atoms with Gasteiger partial charge in [-0.1, -0.05) is 0 Å². The van der Waals surface area contributed by atoms with E-state index in [1.807, 2.05) is 13.1 Å². The van der Waals surface area contributed by atoms with Gasteiger partial charge in [0.1, 0.15) is 5.82 Å². The van der Waals surface area contributed by atoms with Crippen molar-refractivity contribution < 1.29 is 0 Å². The second kappa shape index (κ2) is 3.46. The fourth-order valence-electron chi connectivity index (χ4n) is 1.62. The largest absolute Gasteiger partial charge is 0.331 e. The number of imidazole rings is 1. The molecule has 0 spiro atoms. The summed E-state index contributed by atoms with van der Waals surface area (Å²) in [7, 11) is 0. The van der Waals surface area contributed by atoms with E-state index in [0.29, 0.717) is 6.04 Å². The van der Waals surface area contributed by atoms with Crippen molar-refractivity contribution >= 4 is 12.4 Å². The van der Waals surface area contributed by atoms with Crippen LogP contribution in [-0.4, -0.2) is 15.6 Å². The highest BCUT2D eigenvalue weighted by Gasteiger charge is 2.16. The van der Waals surface area contributed by atoms with Crippen LogP contribution < -0.4 is 5.73 Å². The van der Waals surface area contributed by atoms with Crippen molar-refractivity contribution in [3.8, 4) is 0 Å². The monoisotopic (exact) mass is 187 g/mol. The van der Waals surface area contributed by atoms with Gasteiger partial charge in [-0.05, 0) is 19.8 Å². The zero-order valence-corrected chi connectivity index (χ0v) is 7.97. The molecule has 0 amide bonds. The molecule has 2 N–H and O–H groups in total. The topological polar surface area (TPSA) is 43.8 Å². The average Bonchev–Trinajstić information content (AvgIpc) is 2.33. The van der Waals surface area contributed by atoms with Gasteiger partial charge in [-0.25, -0.2) is 4.98 Å². The molecular weight excluding hydrogens is 174 g/mol. The summed E-state index contributed by atoms with van der Waals surface area (Å²) in [6.07, 6.45) is 4.15. The van der Waals surface area contributed by atoms with Gasteiger partial charge in [-0.3, -0.25) is 0 Å². The van der Waals surface area contributed by atoms with E-state index >= 15 is 0 Å². The molecule has 3 nitrogen and oxygen atoms in total. The third kappa shape index (κ3) is 1.47. The van der Waals surface area contributed by atoms with Crippen molar-refractivity contribution in [2.75, 3.05) is 0 Å². The van der Waals surface area contributed by atoms with E-state index in [0.717, 1.165) is 25.2 Å². The fourth-order valence-corrected chi connectivity index (χ4v) is 1.62. The minimum Gasteiger partial charge on any atom is -0.331 e. The second-order valence-electron chi connectivity index (χ2n) is 3.21. The number of halogens is 1. The molecule has 1 unspecified atom stereocenters. The number of hydrogen-bond acceptors (Lipinski definition) is 2. The van der Waals surface area contributed by atoms with E-state index in [1.165, 1.54) is 5.69 Å². The normalized spacial score (nSPS) is 21.3. The smallest absolute Gasteiger partial charge is 0.105 e. The van der Waals surface area contributed by atoms with E-state index in [-0.39, 0.29) is 12.4 Å². The molecule has 4 heteroatoms. The Morgan fingerprint density at radius 3 is 3.17 bits per heavy atom. The number of nitrogens with two attached hydrogens (primary N) is 1. The summed E-state index contributed by atoms with van der Waals surface area (Å²) in [6.45, 7) is 2.97. The third-order valence-electron chi connectivity index (χ3n) is 2.33. The summed E-state index contributed by atoms with van der Waals surface area (Å²) in [4.78, 5) is 4.24. The average molecular weight is 188 g/mol. The quantitative estimate of drug-likeness (QED) is 0.656. The van der Waals surface area contributed by atoms with Crippen molar-refractivity contribution in [3.63, 3.8) is 0 Å². The molecule has 0 radical (unpaired) electrons. The van der Waals surface area contributed by atoms with Gasteiger partial charge in [0.05, 0.1) is 0 Å². The first-order valence-electron chi connectivity index (χ1n) is 4.04. The highest BCUT2D eigenvalue weighted by molar-refractivity contribution is 5.85. The molecular formula is C8H14ClN3. The van der Waals surface area contributed by atoms with E-state index in [9.17, 15) is 0 Å². The Morgan fingerprint density at radius 1 is 1.67 bits per heavy atom. The van der Waals surface area contributed by atoms with Crippen LogP contribution in [0.2, 0.25) is 0 Å². The van der Waals surface area contributed by atoms with Crippen LogP contribution in [0.1, 0.15) is 17.9 Å². The summed E-state index contributed by atoms with van der Waals surface area (Å²) >= 11 is 0. The first-order chi connectivity index (χ1) is 5.27. The van der Waals surface area contributed by atoms with Crippen LogP contribution in [-0.2, 0) is 13.0 Å². The van der Waals surface area contributed by atoms with E-state index in [2.05, 4.69) is 9.55 Å². The van der Waals surface area contributed by atoms with Crippen molar-refractivity contribution in [1.29, 1.82) is 0 Å². The lowest BCUT2D eigenvalue weighted by molar-refractivity contribution is 0.453. The molecule has 0 saturated carbocycles. The van der Waals surface area contributed by atoms with Gasteiger partial charge in [-0.2, -0.15) is 0 Å². The maximum atomic E-state index is 5.83. The molecule has 0 saturated heterocycles. The summed E-state index contributed by atoms with van der Waals surface area (Å²) in [5.74, 6) is 1.09. The number of aromatic nitrogens is 2. The summed E-state index contributed by atoms with van der Waals surface area (Å²) in [6, 6.07) is 0.329. The minimum absolute atomic E-state index is 0. The molecule has 12 heavy (non-hydrogen) atoms. The number of rotatable bonds is 0. The van der Waals surface area contributed by atoms with Crippen LogP contribution in [0, 0.1) is 6.92 Å². The standard InChI is InChI=1S/C8H13N3.ClH/c1-6-10-4-8-3-2-7(9)5-11(6)8;/h4,7H,2-3,5,9H2,1H3;1H. The van der Waals surface area contributed by atoms with Gasteiger partial charge in [0, 0.05) is 24.5 Å². The molecule has 1 aliphatic heterocycles. The Balaban J connectivity index is 0.000000720. The molecule has 68 valence electrons. The molecule has 2 heterocycles. The molecule has 0 bridgehead atoms. The van der Waals surface area contributed by atoms with Crippen LogP contribution in [0.25, 0.3) is 0 Å². The maximum absolute atomic E-state index is 5.83. The van der Waals surface area contributed by atoms with Gasteiger partial charge < -0.3 is 10.3 Å². The second-order valence-corrected chi connectivity index (χ2v) is 3.21. The Kier molecular flexibility index (Phi) is 2.75. The predicted octanol–water partition coefficient (Wildman–Crippen LogP) is 0.887. The summed E-state index contributed by atoms with van der Waals surface area (Å²) in [5, 5.41) is 0. The highest BCUT2D eigenvalue weighted by atomic mass is 35.5. The lowest BCUT2D eigenvalue weighted by atomic mass is 10.1. The van der Waals surface area contributed by atoms with Crippen molar-refractivity contribution in [2.24, 2.45) is 5.73 Å². The minimum atomic E-state index is 0.